The Morgan fingerprint density at radius 1 is 1.28 bits per heavy atom. The predicted molar refractivity (Wildman–Crippen MR) is 92.7 cm³/mol. The van der Waals surface area contributed by atoms with Crippen molar-refractivity contribution < 1.29 is 14.7 Å². The number of rotatable bonds is 4. The van der Waals surface area contributed by atoms with E-state index in [1.165, 1.54) is 0 Å². The molecule has 0 aliphatic heterocycles. The largest absolute Gasteiger partial charge is 0.456 e. The van der Waals surface area contributed by atoms with Crippen molar-refractivity contribution in [3.63, 3.8) is 0 Å². The number of nitrogens with one attached hydrogen (secondary N) is 1. The molecular weight excluding hydrogens is 320 g/mol. The first-order chi connectivity index (χ1) is 11.8. The van der Waals surface area contributed by atoms with E-state index in [0.717, 1.165) is 22.3 Å². The minimum absolute atomic E-state index is 0.469. The number of aryl methyl sites for hydroxylation is 2. The van der Waals surface area contributed by atoms with E-state index in [9.17, 15) is 4.79 Å². The van der Waals surface area contributed by atoms with Gasteiger partial charge >= 0.3 is 0 Å². The van der Waals surface area contributed by atoms with Crippen LogP contribution in [0, 0.1) is 6.92 Å². The Morgan fingerprint density at radius 2 is 1.96 bits per heavy atom. The summed E-state index contributed by atoms with van der Waals surface area (Å²) in [6, 6.07) is 9.05. The standard InChI is InChI=1S/C18H20N4O3/c1-11-9-15(14-10-19-22(4)16(14)20-11)25-13-7-5-12(6-8-13)18(2,3)17(23)21-24/h5-10,24H,1-4H3,(H,21,23). The van der Waals surface area contributed by atoms with E-state index in [2.05, 4.69) is 10.1 Å². The summed E-state index contributed by atoms with van der Waals surface area (Å²) < 4.78 is 7.70. The Morgan fingerprint density at radius 3 is 2.60 bits per heavy atom. The van der Waals surface area contributed by atoms with Crippen LogP contribution in [0.25, 0.3) is 11.0 Å². The van der Waals surface area contributed by atoms with Crippen molar-refractivity contribution in [1.82, 2.24) is 20.2 Å². The highest BCUT2D eigenvalue weighted by molar-refractivity contribution is 5.86. The lowest BCUT2D eigenvalue weighted by atomic mass is 9.84. The molecule has 130 valence electrons. The van der Waals surface area contributed by atoms with Crippen molar-refractivity contribution >= 4 is 16.9 Å². The maximum Gasteiger partial charge on any atom is 0.253 e. The van der Waals surface area contributed by atoms with Crippen LogP contribution in [0.4, 0.5) is 0 Å². The SMILES string of the molecule is Cc1cc(Oc2ccc(C(C)(C)C(=O)NO)cc2)c2cnn(C)c2n1. The summed E-state index contributed by atoms with van der Waals surface area (Å²) in [5, 5.41) is 13.9. The Balaban J connectivity index is 1.91. The number of pyridine rings is 1. The highest BCUT2D eigenvalue weighted by atomic mass is 16.5. The van der Waals surface area contributed by atoms with Crippen molar-refractivity contribution in [2.45, 2.75) is 26.2 Å². The van der Waals surface area contributed by atoms with Gasteiger partial charge in [-0.15, -0.1) is 0 Å². The van der Waals surface area contributed by atoms with Crippen LogP contribution in [-0.4, -0.2) is 25.9 Å². The molecule has 0 aliphatic carbocycles. The molecule has 2 heterocycles. The number of ether oxygens (including phenoxy) is 1. The van der Waals surface area contributed by atoms with Crippen molar-refractivity contribution in [3.8, 4) is 11.5 Å². The molecule has 3 rings (SSSR count). The summed E-state index contributed by atoms with van der Waals surface area (Å²) in [6.45, 7) is 5.37. The van der Waals surface area contributed by atoms with Crippen LogP contribution in [0.1, 0.15) is 25.1 Å². The molecular formula is C18H20N4O3. The molecule has 7 nitrogen and oxygen atoms in total. The van der Waals surface area contributed by atoms with Gasteiger partial charge in [-0.1, -0.05) is 12.1 Å². The van der Waals surface area contributed by atoms with E-state index in [4.69, 9.17) is 9.94 Å². The Kier molecular flexibility index (Phi) is 4.18. The van der Waals surface area contributed by atoms with Crippen LogP contribution in [0.2, 0.25) is 0 Å². The van der Waals surface area contributed by atoms with Gasteiger partial charge in [0.05, 0.1) is 17.0 Å². The van der Waals surface area contributed by atoms with Crippen LogP contribution in [0.3, 0.4) is 0 Å². The maximum atomic E-state index is 11.8. The lowest BCUT2D eigenvalue weighted by Gasteiger charge is -2.22. The molecule has 0 saturated heterocycles. The molecule has 1 amide bonds. The van der Waals surface area contributed by atoms with E-state index in [1.54, 1.807) is 54.5 Å². The van der Waals surface area contributed by atoms with Gasteiger partial charge in [0, 0.05) is 18.8 Å². The molecule has 0 atom stereocenters. The smallest absolute Gasteiger partial charge is 0.253 e. The first-order valence-electron chi connectivity index (χ1n) is 7.85. The summed E-state index contributed by atoms with van der Waals surface area (Å²) in [6.07, 6.45) is 1.72. The molecule has 2 N–H and O–H groups in total. The minimum atomic E-state index is -0.850. The van der Waals surface area contributed by atoms with Crippen LogP contribution in [-0.2, 0) is 17.3 Å². The second-order valence-corrected chi connectivity index (χ2v) is 6.46. The van der Waals surface area contributed by atoms with E-state index in [0.29, 0.717) is 11.5 Å². The van der Waals surface area contributed by atoms with Crippen molar-refractivity contribution in [1.29, 1.82) is 0 Å². The molecule has 2 aromatic heterocycles. The van der Waals surface area contributed by atoms with Gasteiger partial charge in [-0.05, 0) is 38.5 Å². The van der Waals surface area contributed by atoms with Crippen LogP contribution in [0.5, 0.6) is 11.5 Å². The van der Waals surface area contributed by atoms with E-state index >= 15 is 0 Å². The second-order valence-electron chi connectivity index (χ2n) is 6.46. The second kappa shape index (κ2) is 6.18. The van der Waals surface area contributed by atoms with Gasteiger partial charge in [0.2, 0.25) is 0 Å². The van der Waals surface area contributed by atoms with E-state index < -0.39 is 11.3 Å². The number of fused-ring (bicyclic) bond motifs is 1. The summed E-state index contributed by atoms with van der Waals surface area (Å²) in [7, 11) is 1.83. The summed E-state index contributed by atoms with van der Waals surface area (Å²) in [4.78, 5) is 16.3. The Hall–Kier alpha value is -2.93. The highest BCUT2D eigenvalue weighted by Gasteiger charge is 2.29. The molecule has 1 aromatic carbocycles. The van der Waals surface area contributed by atoms with Gasteiger partial charge in [0.15, 0.2) is 5.65 Å². The molecule has 3 aromatic rings. The summed E-state index contributed by atoms with van der Waals surface area (Å²) >= 11 is 0. The molecule has 0 saturated carbocycles. The maximum absolute atomic E-state index is 11.8. The van der Waals surface area contributed by atoms with Crippen molar-refractivity contribution in [2.24, 2.45) is 7.05 Å². The molecule has 0 fully saturated rings. The Labute approximate surface area is 145 Å². The first kappa shape index (κ1) is 16.9. The van der Waals surface area contributed by atoms with Gasteiger partial charge in [0.1, 0.15) is 11.5 Å². The molecule has 0 aliphatic rings. The summed E-state index contributed by atoms with van der Waals surface area (Å²) in [5.74, 6) is 0.846. The van der Waals surface area contributed by atoms with Crippen LogP contribution >= 0.6 is 0 Å². The zero-order chi connectivity index (χ0) is 18.2. The van der Waals surface area contributed by atoms with Gasteiger partial charge in [-0.2, -0.15) is 5.10 Å². The molecule has 0 spiro atoms. The predicted octanol–water partition coefficient (Wildman–Crippen LogP) is 2.85. The number of carbonyl (C=O) groups excluding carboxylic acids is 1. The molecule has 0 radical (unpaired) electrons. The van der Waals surface area contributed by atoms with E-state index in [1.807, 2.05) is 20.0 Å². The number of amides is 1. The molecule has 0 unspecified atom stereocenters. The average molecular weight is 340 g/mol. The fourth-order valence-electron chi connectivity index (χ4n) is 2.63. The van der Waals surface area contributed by atoms with Crippen molar-refractivity contribution in [2.75, 3.05) is 0 Å². The fourth-order valence-corrected chi connectivity index (χ4v) is 2.63. The number of carbonyl (C=O) groups is 1. The van der Waals surface area contributed by atoms with Gasteiger partial charge < -0.3 is 4.74 Å². The zero-order valence-electron chi connectivity index (χ0n) is 14.6. The molecule has 0 bridgehead atoms. The number of hydrogen-bond acceptors (Lipinski definition) is 5. The molecule has 7 heteroatoms. The fraction of sp³-hybridized carbons (Fsp3) is 0.278. The highest BCUT2D eigenvalue weighted by Crippen LogP contribution is 2.31. The van der Waals surface area contributed by atoms with E-state index in [-0.39, 0.29) is 0 Å². The number of nitrogens with zero attached hydrogens (tertiary/aromatic N) is 3. The zero-order valence-corrected chi connectivity index (χ0v) is 14.6. The number of benzene rings is 1. The topological polar surface area (TPSA) is 89.3 Å². The van der Waals surface area contributed by atoms with Crippen LogP contribution in [0.15, 0.2) is 36.5 Å². The normalized spacial score (nSPS) is 11.6. The third-order valence-corrected chi connectivity index (χ3v) is 4.27. The Bertz CT molecular complexity index is 929. The monoisotopic (exact) mass is 340 g/mol. The minimum Gasteiger partial charge on any atom is -0.456 e. The third-order valence-electron chi connectivity index (χ3n) is 4.27. The first-order valence-corrected chi connectivity index (χ1v) is 7.85. The van der Waals surface area contributed by atoms with Crippen LogP contribution < -0.4 is 10.2 Å². The van der Waals surface area contributed by atoms with Gasteiger partial charge in [0.25, 0.3) is 5.91 Å². The third kappa shape index (κ3) is 3.06. The average Bonchev–Trinajstić information content (AvgIpc) is 2.96. The van der Waals surface area contributed by atoms with Gasteiger partial charge in [-0.25, -0.2) is 10.5 Å². The lowest BCUT2D eigenvalue weighted by molar-refractivity contribution is -0.134. The number of hydrogen-bond donors (Lipinski definition) is 2. The lowest BCUT2D eigenvalue weighted by Crippen LogP contribution is -2.38. The quantitative estimate of drug-likeness (QED) is 0.563. The summed E-state index contributed by atoms with van der Waals surface area (Å²) in [5.41, 5.74) is 3.21. The van der Waals surface area contributed by atoms with Crippen molar-refractivity contribution in [3.05, 3.63) is 47.8 Å². The number of aromatic nitrogens is 3. The van der Waals surface area contributed by atoms with Gasteiger partial charge in [-0.3, -0.25) is 14.7 Å². The molecule has 25 heavy (non-hydrogen) atoms. The number of hydroxylamine groups is 1.